The summed E-state index contributed by atoms with van der Waals surface area (Å²) in [5.41, 5.74) is 1.64. The van der Waals surface area contributed by atoms with Crippen LogP contribution in [0.4, 0.5) is 18.9 Å². The van der Waals surface area contributed by atoms with E-state index in [4.69, 9.17) is 0 Å². The van der Waals surface area contributed by atoms with Crippen molar-refractivity contribution < 1.29 is 27.6 Å². The van der Waals surface area contributed by atoms with E-state index < -0.39 is 6.36 Å². The van der Waals surface area contributed by atoms with Gasteiger partial charge in [0.05, 0.1) is 13.6 Å². The zero-order valence-corrected chi connectivity index (χ0v) is 13.8. The summed E-state index contributed by atoms with van der Waals surface area (Å²) in [5.74, 6) is -0.522. The fourth-order valence-electron chi connectivity index (χ4n) is 2.31. The molecular weight excluding hydrogens is 333 g/mol. The molecule has 0 aliphatic rings. The van der Waals surface area contributed by atoms with Crippen LogP contribution in [0.2, 0.25) is 0 Å². The van der Waals surface area contributed by atoms with Crippen LogP contribution in [-0.2, 0) is 11.2 Å². The molecule has 1 atom stereocenters. The number of anilines is 1. The van der Waals surface area contributed by atoms with Crippen molar-refractivity contribution in [1.29, 1.82) is 0 Å². The Balaban J connectivity index is 1.77. The van der Waals surface area contributed by atoms with Crippen LogP contribution in [-0.4, -0.2) is 32.4 Å². The minimum Gasteiger partial charge on any atom is -0.406 e. The van der Waals surface area contributed by atoms with E-state index >= 15 is 0 Å². The molecule has 0 aliphatic carbocycles. The smallest absolute Gasteiger partial charge is 0.406 e. The molecule has 0 fully saturated rings. The highest BCUT2D eigenvalue weighted by Gasteiger charge is 2.30. The van der Waals surface area contributed by atoms with Crippen LogP contribution in [0.3, 0.4) is 0 Å². The molecule has 0 radical (unpaired) electrons. The number of hydrogen-bond acceptors (Lipinski definition) is 2. The summed E-state index contributed by atoms with van der Waals surface area (Å²) in [5, 5.41) is 2.66. The molecule has 0 saturated carbocycles. The summed E-state index contributed by atoms with van der Waals surface area (Å²) in [6, 6.07) is 15.1. The third-order valence-electron chi connectivity index (χ3n) is 3.52. The Morgan fingerprint density at radius 3 is 2.32 bits per heavy atom. The van der Waals surface area contributed by atoms with Gasteiger partial charge < -0.3 is 15.0 Å². The summed E-state index contributed by atoms with van der Waals surface area (Å²) >= 11 is 0. The summed E-state index contributed by atoms with van der Waals surface area (Å²) < 4.78 is 40.1. The second-order valence-electron chi connectivity index (χ2n) is 5.74. The van der Waals surface area contributed by atoms with Gasteiger partial charge in [-0.25, -0.2) is 0 Å². The highest BCUT2D eigenvalue weighted by Crippen LogP contribution is 2.23. The third-order valence-corrected chi connectivity index (χ3v) is 3.52. The lowest BCUT2D eigenvalue weighted by atomic mass is 10.1. The first-order chi connectivity index (χ1) is 11.8. The van der Waals surface area contributed by atoms with E-state index in [-0.39, 0.29) is 18.2 Å². The molecule has 0 aliphatic heterocycles. The second kappa shape index (κ2) is 8.53. The van der Waals surface area contributed by atoms with Gasteiger partial charge >= 0.3 is 6.36 Å². The monoisotopic (exact) mass is 353 g/mol. The van der Waals surface area contributed by atoms with Gasteiger partial charge in [-0.3, -0.25) is 4.79 Å². The standard InChI is InChI=1S/C18H19F3N2O2/c1-23(12-11-14-5-3-2-4-6-14)13-17(24)22-15-7-9-16(10-8-15)25-18(19,20)21/h2-10H,11-13H2,1H3,(H,22,24)/p+1. The van der Waals surface area contributed by atoms with Crippen LogP contribution in [0.15, 0.2) is 54.6 Å². The molecule has 1 unspecified atom stereocenters. The number of quaternary nitrogens is 1. The maximum atomic E-state index is 12.1. The number of benzene rings is 2. The minimum atomic E-state index is -4.73. The van der Waals surface area contributed by atoms with Gasteiger partial charge in [-0.15, -0.1) is 13.2 Å². The lowest BCUT2D eigenvalue weighted by Crippen LogP contribution is -3.10. The first-order valence-corrected chi connectivity index (χ1v) is 7.83. The Morgan fingerprint density at radius 1 is 1.08 bits per heavy atom. The lowest BCUT2D eigenvalue weighted by Gasteiger charge is -2.14. The topological polar surface area (TPSA) is 42.8 Å². The zero-order valence-electron chi connectivity index (χ0n) is 13.8. The van der Waals surface area contributed by atoms with Crippen LogP contribution < -0.4 is 15.0 Å². The minimum absolute atomic E-state index is 0.199. The number of alkyl halides is 3. The predicted molar refractivity (Wildman–Crippen MR) is 88.5 cm³/mol. The van der Waals surface area contributed by atoms with Crippen molar-refractivity contribution in [3.05, 3.63) is 60.2 Å². The molecule has 0 spiro atoms. The number of ether oxygens (including phenoxy) is 1. The number of nitrogens with one attached hydrogen (secondary N) is 2. The molecule has 4 nitrogen and oxygen atoms in total. The molecule has 2 N–H and O–H groups in total. The normalized spacial score (nSPS) is 12.5. The van der Waals surface area contributed by atoms with Crippen molar-refractivity contribution in [3.63, 3.8) is 0 Å². The number of carbonyl (C=O) groups excluding carboxylic acids is 1. The summed E-state index contributed by atoms with van der Waals surface area (Å²) in [6.07, 6.45) is -3.86. The van der Waals surface area contributed by atoms with Crippen molar-refractivity contribution >= 4 is 11.6 Å². The maximum absolute atomic E-state index is 12.1. The van der Waals surface area contributed by atoms with Crippen LogP contribution in [0, 0.1) is 0 Å². The zero-order chi connectivity index (χ0) is 18.3. The summed E-state index contributed by atoms with van der Waals surface area (Å²) in [4.78, 5) is 13.0. The molecule has 0 aromatic heterocycles. The van der Waals surface area contributed by atoms with Crippen LogP contribution in [0.1, 0.15) is 5.56 Å². The number of likely N-dealkylation sites (N-methyl/N-ethyl adjacent to an activating group) is 1. The average molecular weight is 353 g/mol. The van der Waals surface area contributed by atoms with Gasteiger partial charge in [0.15, 0.2) is 6.54 Å². The first kappa shape index (κ1) is 18.8. The van der Waals surface area contributed by atoms with Gasteiger partial charge in [0.25, 0.3) is 5.91 Å². The van der Waals surface area contributed by atoms with Gasteiger partial charge in [-0.2, -0.15) is 0 Å². The number of amides is 1. The molecule has 2 aromatic carbocycles. The number of halogens is 3. The van der Waals surface area contributed by atoms with Crippen molar-refractivity contribution in [3.8, 4) is 5.75 Å². The molecule has 2 aromatic rings. The summed E-state index contributed by atoms with van der Waals surface area (Å²) in [7, 11) is 1.92. The van der Waals surface area contributed by atoms with Crippen molar-refractivity contribution in [2.24, 2.45) is 0 Å². The fourth-order valence-corrected chi connectivity index (χ4v) is 2.31. The number of carbonyl (C=O) groups is 1. The quantitative estimate of drug-likeness (QED) is 0.802. The van der Waals surface area contributed by atoms with Gasteiger partial charge in [-0.05, 0) is 29.8 Å². The molecule has 1 amide bonds. The van der Waals surface area contributed by atoms with Gasteiger partial charge in [-0.1, -0.05) is 30.3 Å². The molecular formula is C18H20F3N2O2+. The van der Waals surface area contributed by atoms with E-state index in [9.17, 15) is 18.0 Å². The predicted octanol–water partition coefficient (Wildman–Crippen LogP) is 2.28. The largest absolute Gasteiger partial charge is 0.573 e. The molecule has 0 bridgehead atoms. The Kier molecular flexibility index (Phi) is 6.41. The van der Waals surface area contributed by atoms with Gasteiger partial charge in [0.1, 0.15) is 5.75 Å². The van der Waals surface area contributed by atoms with E-state index in [1.165, 1.54) is 17.7 Å². The summed E-state index contributed by atoms with van der Waals surface area (Å²) in [6.45, 7) is 1.07. The van der Waals surface area contributed by atoms with E-state index in [0.717, 1.165) is 30.0 Å². The Bertz CT molecular complexity index is 673. The van der Waals surface area contributed by atoms with E-state index in [1.807, 2.05) is 37.4 Å². The maximum Gasteiger partial charge on any atom is 0.573 e. The van der Waals surface area contributed by atoms with E-state index in [2.05, 4.69) is 10.1 Å². The van der Waals surface area contributed by atoms with Crippen LogP contribution in [0.25, 0.3) is 0 Å². The molecule has 2 rings (SSSR count). The van der Waals surface area contributed by atoms with Crippen LogP contribution in [0.5, 0.6) is 5.75 Å². The van der Waals surface area contributed by atoms with Crippen molar-refractivity contribution in [1.82, 2.24) is 0 Å². The Hall–Kier alpha value is -2.54. The van der Waals surface area contributed by atoms with Gasteiger partial charge in [0.2, 0.25) is 0 Å². The molecule has 134 valence electrons. The molecule has 25 heavy (non-hydrogen) atoms. The Morgan fingerprint density at radius 2 is 1.72 bits per heavy atom. The molecule has 0 heterocycles. The van der Waals surface area contributed by atoms with E-state index in [0.29, 0.717) is 5.69 Å². The molecule has 7 heteroatoms. The first-order valence-electron chi connectivity index (χ1n) is 7.83. The fraction of sp³-hybridized carbons (Fsp3) is 0.278. The number of hydrogen-bond donors (Lipinski definition) is 2. The van der Waals surface area contributed by atoms with E-state index in [1.54, 1.807) is 0 Å². The number of rotatable bonds is 7. The highest BCUT2D eigenvalue weighted by molar-refractivity contribution is 5.91. The molecule has 0 saturated heterocycles. The Labute approximate surface area is 144 Å². The highest BCUT2D eigenvalue weighted by atomic mass is 19.4. The van der Waals surface area contributed by atoms with Crippen molar-refractivity contribution in [2.75, 3.05) is 25.5 Å². The SMILES string of the molecule is C[NH+](CCc1ccccc1)CC(=O)Nc1ccc(OC(F)(F)F)cc1. The second-order valence-corrected chi connectivity index (χ2v) is 5.74. The van der Waals surface area contributed by atoms with Crippen LogP contribution >= 0.6 is 0 Å². The lowest BCUT2D eigenvalue weighted by molar-refractivity contribution is -0.870. The average Bonchev–Trinajstić information content (AvgIpc) is 2.54. The van der Waals surface area contributed by atoms with Gasteiger partial charge in [0, 0.05) is 12.1 Å². The van der Waals surface area contributed by atoms with Crippen molar-refractivity contribution in [2.45, 2.75) is 12.8 Å². The third kappa shape index (κ3) is 7.26.